The zero-order chi connectivity index (χ0) is 17.6. The van der Waals surface area contributed by atoms with Crippen LogP contribution in [0.1, 0.15) is 23.6 Å². The predicted octanol–water partition coefficient (Wildman–Crippen LogP) is 5.27. The first-order chi connectivity index (χ1) is 12.2. The lowest BCUT2D eigenvalue weighted by molar-refractivity contribution is 0.340. The number of para-hydroxylation sites is 1. The molecule has 2 aromatic carbocycles. The second kappa shape index (κ2) is 7.94. The van der Waals surface area contributed by atoms with Gasteiger partial charge >= 0.3 is 0 Å². The summed E-state index contributed by atoms with van der Waals surface area (Å²) in [7, 11) is 0. The van der Waals surface area contributed by atoms with Crippen LogP contribution in [-0.4, -0.2) is 17.8 Å². The van der Waals surface area contributed by atoms with Gasteiger partial charge in [-0.3, -0.25) is 5.43 Å². The van der Waals surface area contributed by atoms with Gasteiger partial charge in [-0.05, 0) is 38.5 Å². The highest BCUT2D eigenvalue weighted by atomic mass is 32.1. The van der Waals surface area contributed by atoms with Gasteiger partial charge in [0.15, 0.2) is 0 Å². The number of aryl methyl sites for hydroxylation is 2. The minimum Gasteiger partial charge on any atom is -0.493 e. The van der Waals surface area contributed by atoms with Crippen LogP contribution in [0, 0.1) is 13.8 Å². The minimum atomic E-state index is 0.629. The fraction of sp³-hybridized carbons (Fsp3) is 0.200. The van der Waals surface area contributed by atoms with Crippen LogP contribution in [-0.2, 0) is 0 Å². The second-order valence-corrected chi connectivity index (χ2v) is 6.56. The molecule has 0 saturated heterocycles. The van der Waals surface area contributed by atoms with E-state index in [4.69, 9.17) is 4.74 Å². The van der Waals surface area contributed by atoms with Crippen molar-refractivity contribution in [1.29, 1.82) is 0 Å². The van der Waals surface area contributed by atoms with E-state index < -0.39 is 0 Å². The van der Waals surface area contributed by atoms with Crippen molar-refractivity contribution in [3.8, 4) is 17.0 Å². The van der Waals surface area contributed by atoms with E-state index in [0.717, 1.165) is 27.7 Å². The van der Waals surface area contributed by atoms with E-state index in [1.165, 1.54) is 22.5 Å². The fourth-order valence-corrected chi connectivity index (χ4v) is 3.24. The number of benzene rings is 2. The van der Waals surface area contributed by atoms with Crippen LogP contribution in [0.15, 0.2) is 52.9 Å². The van der Waals surface area contributed by atoms with Gasteiger partial charge in [-0.2, -0.15) is 5.10 Å². The maximum absolute atomic E-state index is 5.59. The Morgan fingerprint density at radius 1 is 1.20 bits per heavy atom. The molecule has 1 N–H and O–H groups in total. The Bertz CT molecular complexity index is 886. The topological polar surface area (TPSA) is 46.5 Å². The summed E-state index contributed by atoms with van der Waals surface area (Å²) in [6.07, 6.45) is 1.75. The van der Waals surface area contributed by atoms with Crippen LogP contribution in [0.5, 0.6) is 5.75 Å². The van der Waals surface area contributed by atoms with Crippen molar-refractivity contribution in [2.75, 3.05) is 12.0 Å². The van der Waals surface area contributed by atoms with Gasteiger partial charge < -0.3 is 4.74 Å². The average molecular weight is 351 g/mol. The lowest BCUT2D eigenvalue weighted by Crippen LogP contribution is -1.97. The zero-order valence-electron chi connectivity index (χ0n) is 14.6. The molecule has 0 spiro atoms. The highest BCUT2D eigenvalue weighted by Crippen LogP contribution is 2.28. The van der Waals surface area contributed by atoms with E-state index in [-0.39, 0.29) is 0 Å². The van der Waals surface area contributed by atoms with Crippen LogP contribution in [0.2, 0.25) is 0 Å². The molecule has 128 valence electrons. The molecule has 0 aliphatic rings. The molecule has 0 atom stereocenters. The van der Waals surface area contributed by atoms with Gasteiger partial charge in [-0.1, -0.05) is 35.9 Å². The second-order valence-electron chi connectivity index (χ2n) is 5.70. The third-order valence-corrected chi connectivity index (χ3v) is 4.49. The van der Waals surface area contributed by atoms with Crippen molar-refractivity contribution in [3.63, 3.8) is 0 Å². The first-order valence-electron chi connectivity index (χ1n) is 8.21. The van der Waals surface area contributed by atoms with Gasteiger partial charge in [0, 0.05) is 16.5 Å². The minimum absolute atomic E-state index is 0.629. The van der Waals surface area contributed by atoms with Crippen LogP contribution in [0.4, 0.5) is 5.13 Å². The molecule has 0 saturated carbocycles. The van der Waals surface area contributed by atoms with E-state index in [1.54, 1.807) is 6.21 Å². The Balaban J connectivity index is 1.72. The van der Waals surface area contributed by atoms with Crippen molar-refractivity contribution < 1.29 is 4.74 Å². The molecule has 1 aromatic heterocycles. The number of hydrazone groups is 1. The number of nitrogens with one attached hydrogen (secondary N) is 1. The molecule has 0 aliphatic heterocycles. The monoisotopic (exact) mass is 351 g/mol. The Hall–Kier alpha value is -2.66. The third-order valence-electron chi connectivity index (χ3n) is 3.74. The molecule has 1 heterocycles. The number of anilines is 1. The van der Waals surface area contributed by atoms with Crippen LogP contribution in [0.25, 0.3) is 11.3 Å². The largest absolute Gasteiger partial charge is 0.493 e. The Kier molecular flexibility index (Phi) is 5.46. The summed E-state index contributed by atoms with van der Waals surface area (Å²) in [5.41, 5.74) is 8.54. The van der Waals surface area contributed by atoms with Crippen molar-refractivity contribution in [3.05, 3.63) is 64.5 Å². The molecule has 0 amide bonds. The maximum atomic E-state index is 5.59. The quantitative estimate of drug-likeness (QED) is 0.486. The number of aromatic nitrogens is 1. The van der Waals surface area contributed by atoms with Crippen LogP contribution >= 0.6 is 11.3 Å². The van der Waals surface area contributed by atoms with Crippen molar-refractivity contribution in [2.45, 2.75) is 20.8 Å². The Labute approximate surface area is 152 Å². The highest BCUT2D eigenvalue weighted by Gasteiger charge is 2.07. The predicted molar refractivity (Wildman–Crippen MR) is 106 cm³/mol. The van der Waals surface area contributed by atoms with Crippen molar-refractivity contribution >= 4 is 22.7 Å². The number of ether oxygens (including phenoxy) is 1. The first-order valence-corrected chi connectivity index (χ1v) is 9.09. The number of rotatable bonds is 6. The zero-order valence-corrected chi connectivity index (χ0v) is 15.4. The molecule has 3 aromatic rings. The van der Waals surface area contributed by atoms with Crippen molar-refractivity contribution in [2.24, 2.45) is 5.10 Å². The van der Waals surface area contributed by atoms with E-state index >= 15 is 0 Å². The molecule has 0 radical (unpaired) electrons. The van der Waals surface area contributed by atoms with E-state index in [2.05, 4.69) is 47.6 Å². The molecule has 0 aliphatic carbocycles. The van der Waals surface area contributed by atoms with Gasteiger partial charge in [0.25, 0.3) is 0 Å². The van der Waals surface area contributed by atoms with E-state index in [1.807, 2.05) is 36.6 Å². The summed E-state index contributed by atoms with van der Waals surface area (Å²) in [5.74, 6) is 0.825. The maximum Gasteiger partial charge on any atom is 0.203 e. The van der Waals surface area contributed by atoms with Crippen LogP contribution < -0.4 is 10.2 Å². The van der Waals surface area contributed by atoms with Gasteiger partial charge in [0.05, 0.1) is 18.5 Å². The summed E-state index contributed by atoms with van der Waals surface area (Å²) in [6.45, 7) is 6.80. The molecule has 25 heavy (non-hydrogen) atoms. The molecule has 3 rings (SSSR count). The number of nitrogens with zero attached hydrogens (tertiary/aromatic N) is 2. The summed E-state index contributed by atoms with van der Waals surface area (Å²) >= 11 is 1.54. The number of hydrogen-bond donors (Lipinski definition) is 1. The summed E-state index contributed by atoms with van der Waals surface area (Å²) in [4.78, 5) is 4.62. The summed E-state index contributed by atoms with van der Waals surface area (Å²) in [6, 6.07) is 14.2. The third kappa shape index (κ3) is 4.25. The SMILES string of the molecule is CCOc1ccccc1/C=N\Nc1nc(-c2ccc(C)cc2C)cs1. The highest BCUT2D eigenvalue weighted by molar-refractivity contribution is 7.14. The molecular weight excluding hydrogens is 330 g/mol. The van der Waals surface area contributed by atoms with E-state index in [9.17, 15) is 0 Å². The lowest BCUT2D eigenvalue weighted by Gasteiger charge is -2.05. The molecule has 4 nitrogen and oxygen atoms in total. The number of thiazole rings is 1. The average Bonchev–Trinajstić information content (AvgIpc) is 3.05. The Morgan fingerprint density at radius 2 is 2.04 bits per heavy atom. The molecule has 0 unspecified atom stereocenters. The van der Waals surface area contributed by atoms with E-state index in [0.29, 0.717) is 6.61 Å². The summed E-state index contributed by atoms with van der Waals surface area (Å²) < 4.78 is 5.59. The fourth-order valence-electron chi connectivity index (χ4n) is 2.58. The van der Waals surface area contributed by atoms with Crippen LogP contribution in [0.3, 0.4) is 0 Å². The standard InChI is InChI=1S/C20H21N3OS/c1-4-24-19-8-6-5-7-16(19)12-21-23-20-22-18(13-25-20)17-10-9-14(2)11-15(17)3/h5-13H,4H2,1-3H3,(H,22,23)/b21-12-. The van der Waals surface area contributed by atoms with Gasteiger partial charge in [-0.25, -0.2) is 4.98 Å². The summed E-state index contributed by atoms with van der Waals surface area (Å²) in [5, 5.41) is 7.10. The van der Waals surface area contributed by atoms with Gasteiger partial charge in [0.1, 0.15) is 5.75 Å². The Morgan fingerprint density at radius 3 is 2.84 bits per heavy atom. The normalized spacial score (nSPS) is 11.0. The van der Waals surface area contributed by atoms with Gasteiger partial charge in [-0.15, -0.1) is 11.3 Å². The molecule has 0 bridgehead atoms. The number of hydrogen-bond acceptors (Lipinski definition) is 5. The molecular formula is C20H21N3OS. The first kappa shape index (κ1) is 17.2. The van der Waals surface area contributed by atoms with Gasteiger partial charge in [0.2, 0.25) is 5.13 Å². The smallest absolute Gasteiger partial charge is 0.203 e. The molecule has 5 heteroatoms. The molecule has 0 fully saturated rings. The lowest BCUT2D eigenvalue weighted by atomic mass is 10.0. The van der Waals surface area contributed by atoms with Crippen molar-refractivity contribution in [1.82, 2.24) is 4.98 Å².